The molecule has 7 heteroatoms. The number of likely N-dealkylation sites (N-methyl/N-ethyl adjacent to an activating group) is 2. The molecule has 0 spiro atoms. The van der Waals surface area contributed by atoms with Crippen molar-refractivity contribution < 1.29 is 0 Å². The highest BCUT2D eigenvalue weighted by Gasteiger charge is 2.20. The third-order valence-corrected chi connectivity index (χ3v) is 5.92. The van der Waals surface area contributed by atoms with E-state index in [2.05, 4.69) is 90.4 Å². The second kappa shape index (κ2) is 15.0. The average molecular weight is 531 g/mol. The van der Waals surface area contributed by atoms with Crippen molar-refractivity contribution in [2.75, 3.05) is 66.0 Å². The van der Waals surface area contributed by atoms with Crippen LogP contribution in [0.2, 0.25) is 0 Å². The van der Waals surface area contributed by atoms with Gasteiger partial charge >= 0.3 is 0 Å². The molecule has 0 aromatic heterocycles. The lowest BCUT2D eigenvalue weighted by molar-refractivity contribution is 0.122. The molecule has 0 aliphatic carbocycles. The number of benzene rings is 1. The van der Waals surface area contributed by atoms with Crippen LogP contribution < -0.4 is 10.6 Å². The number of hydrogen-bond acceptors (Lipinski definition) is 4. The fourth-order valence-electron chi connectivity index (χ4n) is 3.93. The van der Waals surface area contributed by atoms with Gasteiger partial charge in [-0.15, -0.1) is 24.0 Å². The van der Waals surface area contributed by atoms with Crippen LogP contribution >= 0.6 is 24.0 Å². The lowest BCUT2D eigenvalue weighted by atomic mass is 10.1. The Morgan fingerprint density at radius 2 is 1.67 bits per heavy atom. The van der Waals surface area contributed by atoms with Crippen LogP contribution in [0.3, 0.4) is 0 Å². The maximum atomic E-state index is 4.90. The summed E-state index contributed by atoms with van der Waals surface area (Å²) in [5.74, 6) is 0.918. The van der Waals surface area contributed by atoms with Crippen LogP contribution in [0, 0.1) is 0 Å². The Morgan fingerprint density at radius 3 is 2.23 bits per heavy atom. The number of nitrogens with one attached hydrogen (secondary N) is 2. The monoisotopic (exact) mass is 530 g/mol. The van der Waals surface area contributed by atoms with E-state index >= 15 is 0 Å². The number of halogens is 1. The van der Waals surface area contributed by atoms with E-state index in [-0.39, 0.29) is 24.0 Å². The number of guanidine groups is 1. The van der Waals surface area contributed by atoms with E-state index < -0.39 is 0 Å². The van der Waals surface area contributed by atoms with Crippen LogP contribution in [-0.2, 0) is 0 Å². The van der Waals surface area contributed by atoms with Crippen LogP contribution in [0.15, 0.2) is 35.3 Å². The quantitative estimate of drug-likeness (QED) is 0.277. The van der Waals surface area contributed by atoms with Crippen LogP contribution in [-0.4, -0.2) is 92.7 Å². The zero-order chi connectivity index (χ0) is 21.1. The van der Waals surface area contributed by atoms with Crippen molar-refractivity contribution >= 4 is 29.9 Å². The summed E-state index contributed by atoms with van der Waals surface area (Å²) in [4.78, 5) is 12.4. The highest BCUT2D eigenvalue weighted by atomic mass is 127. The van der Waals surface area contributed by atoms with E-state index in [0.717, 1.165) is 64.9 Å². The molecule has 0 bridgehead atoms. The molecular formula is C23H43IN6. The first kappa shape index (κ1) is 27.1. The number of rotatable bonds is 10. The lowest BCUT2D eigenvalue weighted by Gasteiger charge is -2.36. The van der Waals surface area contributed by atoms with Crippen molar-refractivity contribution in [1.29, 1.82) is 0 Å². The Morgan fingerprint density at radius 1 is 1.03 bits per heavy atom. The minimum atomic E-state index is 0. The molecule has 1 aromatic rings. The average Bonchev–Trinajstić information content (AvgIpc) is 2.75. The fourth-order valence-corrected chi connectivity index (χ4v) is 3.93. The summed E-state index contributed by atoms with van der Waals surface area (Å²) in [7, 11) is 2.20. The predicted molar refractivity (Wildman–Crippen MR) is 140 cm³/mol. The van der Waals surface area contributed by atoms with E-state index in [1.807, 2.05) is 0 Å². The largest absolute Gasteiger partial charge is 0.357 e. The normalized spacial score (nSPS) is 18.0. The standard InChI is InChI=1S/C23H42N6.HI/c1-6-24-23(25-18-20(4)29-16-14-27(5)15-17-29)26-19-22(28(7-2)8-3)21-12-10-9-11-13-21;/h9-13,20,22H,6-8,14-19H2,1-5H3,(H2,24,25,26);1H. The molecule has 0 radical (unpaired) electrons. The van der Waals surface area contributed by atoms with Crippen molar-refractivity contribution in [1.82, 2.24) is 25.3 Å². The number of hydrogen-bond donors (Lipinski definition) is 2. The van der Waals surface area contributed by atoms with E-state index in [4.69, 9.17) is 4.99 Å². The first-order valence-corrected chi connectivity index (χ1v) is 11.3. The molecule has 0 saturated carbocycles. The van der Waals surface area contributed by atoms with Crippen molar-refractivity contribution in [2.45, 2.75) is 39.8 Å². The van der Waals surface area contributed by atoms with E-state index in [1.54, 1.807) is 0 Å². The molecular weight excluding hydrogens is 487 g/mol. The zero-order valence-electron chi connectivity index (χ0n) is 19.6. The molecule has 2 N–H and O–H groups in total. The number of piperazine rings is 1. The first-order chi connectivity index (χ1) is 14.1. The van der Waals surface area contributed by atoms with Gasteiger partial charge in [-0.1, -0.05) is 44.2 Å². The van der Waals surface area contributed by atoms with Gasteiger partial charge in [0.2, 0.25) is 0 Å². The molecule has 2 rings (SSSR count). The van der Waals surface area contributed by atoms with Crippen LogP contribution in [0.5, 0.6) is 0 Å². The molecule has 1 aromatic carbocycles. The van der Waals surface area contributed by atoms with Gasteiger partial charge in [0.1, 0.15) is 0 Å². The Bertz CT molecular complexity index is 585. The van der Waals surface area contributed by atoms with Gasteiger partial charge in [0, 0.05) is 45.3 Å². The van der Waals surface area contributed by atoms with Crippen LogP contribution in [0.4, 0.5) is 0 Å². The van der Waals surface area contributed by atoms with Gasteiger partial charge in [-0.3, -0.25) is 14.8 Å². The molecule has 2 atom stereocenters. The SMILES string of the molecule is CCNC(=NCC(C)N1CCN(C)CC1)NCC(c1ccccc1)N(CC)CC.I. The van der Waals surface area contributed by atoms with Crippen molar-refractivity contribution in [3.63, 3.8) is 0 Å². The van der Waals surface area contributed by atoms with E-state index in [9.17, 15) is 0 Å². The second-order valence-corrected chi connectivity index (χ2v) is 7.94. The third kappa shape index (κ3) is 8.69. The van der Waals surface area contributed by atoms with Crippen molar-refractivity contribution in [3.05, 3.63) is 35.9 Å². The fraction of sp³-hybridized carbons (Fsp3) is 0.696. The van der Waals surface area contributed by atoms with E-state index in [0.29, 0.717) is 12.1 Å². The Labute approximate surface area is 201 Å². The second-order valence-electron chi connectivity index (χ2n) is 7.94. The molecule has 1 fully saturated rings. The van der Waals surface area contributed by atoms with Crippen molar-refractivity contribution in [3.8, 4) is 0 Å². The van der Waals surface area contributed by atoms with Gasteiger partial charge in [-0.2, -0.15) is 0 Å². The summed E-state index contributed by atoms with van der Waals surface area (Å²) < 4.78 is 0. The van der Waals surface area contributed by atoms with Gasteiger partial charge in [0.25, 0.3) is 0 Å². The molecule has 1 aliphatic heterocycles. The molecule has 30 heavy (non-hydrogen) atoms. The lowest BCUT2D eigenvalue weighted by Crippen LogP contribution is -2.49. The van der Waals surface area contributed by atoms with Gasteiger partial charge in [-0.25, -0.2) is 0 Å². The zero-order valence-corrected chi connectivity index (χ0v) is 21.9. The number of aliphatic imine (C=N–C) groups is 1. The topological polar surface area (TPSA) is 46.1 Å². The highest BCUT2D eigenvalue weighted by Crippen LogP contribution is 2.19. The Hall–Kier alpha value is -0.900. The summed E-state index contributed by atoms with van der Waals surface area (Å²) in [5, 5.41) is 7.03. The van der Waals surface area contributed by atoms with Crippen LogP contribution in [0.25, 0.3) is 0 Å². The molecule has 0 amide bonds. The number of nitrogens with zero attached hydrogens (tertiary/aromatic N) is 4. The van der Waals surface area contributed by atoms with Gasteiger partial charge in [0.15, 0.2) is 5.96 Å². The molecule has 2 unspecified atom stereocenters. The highest BCUT2D eigenvalue weighted by molar-refractivity contribution is 14.0. The minimum absolute atomic E-state index is 0. The summed E-state index contributed by atoms with van der Waals surface area (Å²) in [5.41, 5.74) is 1.35. The molecule has 172 valence electrons. The minimum Gasteiger partial charge on any atom is -0.357 e. The first-order valence-electron chi connectivity index (χ1n) is 11.3. The third-order valence-electron chi connectivity index (χ3n) is 5.92. The van der Waals surface area contributed by atoms with Gasteiger partial charge < -0.3 is 15.5 Å². The summed E-state index contributed by atoms with van der Waals surface area (Å²) in [6.45, 7) is 18.1. The predicted octanol–water partition coefficient (Wildman–Crippen LogP) is 2.88. The van der Waals surface area contributed by atoms with E-state index in [1.165, 1.54) is 5.56 Å². The van der Waals surface area contributed by atoms with Gasteiger partial charge in [-0.05, 0) is 39.5 Å². The molecule has 1 saturated heterocycles. The molecule has 6 nitrogen and oxygen atoms in total. The van der Waals surface area contributed by atoms with Gasteiger partial charge in [0.05, 0.1) is 12.6 Å². The maximum Gasteiger partial charge on any atom is 0.191 e. The summed E-state index contributed by atoms with van der Waals surface area (Å²) in [6, 6.07) is 11.6. The summed E-state index contributed by atoms with van der Waals surface area (Å²) in [6.07, 6.45) is 0. The Kier molecular flexibility index (Phi) is 13.6. The van der Waals surface area contributed by atoms with Crippen molar-refractivity contribution in [2.24, 2.45) is 4.99 Å². The maximum absolute atomic E-state index is 4.90. The molecule has 1 aliphatic rings. The smallest absolute Gasteiger partial charge is 0.191 e. The Balaban J connectivity index is 0.00000450. The van der Waals surface area contributed by atoms with Crippen LogP contribution in [0.1, 0.15) is 39.3 Å². The summed E-state index contributed by atoms with van der Waals surface area (Å²) >= 11 is 0. The molecule has 1 heterocycles.